The molecule has 5 nitrogen and oxygen atoms in total. The molecule has 1 saturated carbocycles. The van der Waals surface area contributed by atoms with Gasteiger partial charge < -0.3 is 15.0 Å². The average Bonchev–Trinajstić information content (AvgIpc) is 2.19. The van der Waals surface area contributed by atoms with Gasteiger partial charge in [0.1, 0.15) is 5.60 Å². The van der Waals surface area contributed by atoms with Crippen LogP contribution in [0.2, 0.25) is 0 Å². The number of carbonyl (C=O) groups excluding carboxylic acids is 2. The van der Waals surface area contributed by atoms with Crippen molar-refractivity contribution in [2.45, 2.75) is 51.7 Å². The molecule has 1 atom stereocenters. The van der Waals surface area contributed by atoms with Crippen molar-refractivity contribution >= 4 is 11.9 Å². The zero-order valence-electron chi connectivity index (χ0n) is 12.4. The molecule has 0 spiro atoms. The van der Waals surface area contributed by atoms with Gasteiger partial charge in [0, 0.05) is 38.3 Å². The van der Waals surface area contributed by atoms with Crippen LogP contribution >= 0.6 is 0 Å². The number of alkyl carbamates (subject to hydrolysis) is 1. The van der Waals surface area contributed by atoms with E-state index in [0.717, 1.165) is 5.57 Å². The summed E-state index contributed by atoms with van der Waals surface area (Å²) in [4.78, 5) is 25.3. The molecule has 0 radical (unpaired) electrons. The van der Waals surface area contributed by atoms with Gasteiger partial charge >= 0.3 is 6.09 Å². The smallest absolute Gasteiger partial charge is 0.407 e. The fraction of sp³-hybridized carbons (Fsp3) is 0.714. The van der Waals surface area contributed by atoms with Crippen molar-refractivity contribution in [2.75, 3.05) is 14.1 Å². The number of ketones is 1. The van der Waals surface area contributed by atoms with Gasteiger partial charge in [-0.3, -0.25) is 4.79 Å². The lowest BCUT2D eigenvalue weighted by Crippen LogP contribution is -2.41. The summed E-state index contributed by atoms with van der Waals surface area (Å²) in [6.45, 7) is 5.48. The Bertz CT molecular complexity index is 381. The second-order valence-electron chi connectivity index (χ2n) is 6.13. The molecule has 0 aromatic heterocycles. The molecule has 0 saturated heterocycles. The molecule has 0 unspecified atom stereocenters. The quantitative estimate of drug-likeness (QED) is 0.779. The van der Waals surface area contributed by atoms with Gasteiger partial charge in [-0.15, -0.1) is 0 Å². The monoisotopic (exact) mass is 268 g/mol. The van der Waals surface area contributed by atoms with Crippen LogP contribution in [-0.2, 0) is 9.53 Å². The summed E-state index contributed by atoms with van der Waals surface area (Å²) in [6, 6.07) is -0.0289. The van der Waals surface area contributed by atoms with E-state index in [2.05, 4.69) is 5.32 Å². The van der Waals surface area contributed by atoms with Crippen molar-refractivity contribution in [3.8, 4) is 0 Å². The van der Waals surface area contributed by atoms with E-state index < -0.39 is 11.7 Å². The van der Waals surface area contributed by atoms with E-state index >= 15 is 0 Å². The summed E-state index contributed by atoms with van der Waals surface area (Å²) in [5.41, 5.74) is 0.258. The number of Topliss-reactive ketones (excluding diaryl/α,β-unsaturated/α-hetero) is 1. The van der Waals surface area contributed by atoms with Crippen molar-refractivity contribution in [2.24, 2.45) is 0 Å². The molecule has 0 aromatic rings. The zero-order valence-corrected chi connectivity index (χ0v) is 12.4. The number of carbonyl (C=O) groups is 2. The second kappa shape index (κ2) is 6.08. The third-order valence-corrected chi connectivity index (χ3v) is 2.68. The highest BCUT2D eigenvalue weighted by molar-refractivity contribution is 5.96. The normalized spacial score (nSPS) is 22.3. The van der Waals surface area contributed by atoms with E-state index in [1.165, 1.54) is 0 Å². The van der Waals surface area contributed by atoms with Gasteiger partial charge in [-0.2, -0.15) is 0 Å². The van der Waals surface area contributed by atoms with Crippen molar-refractivity contribution < 1.29 is 14.3 Å². The highest BCUT2D eigenvalue weighted by Gasteiger charge is 2.26. The standard InChI is InChI=1S/C14H24N2O3/c1-14(2,3)19-13(18)15-11-6-7-12(17)10(8-11)9-16(4)5/h9,11H,6-8H2,1-5H3,(H,15,18)/b10-9-/t11-/m1/s1. The lowest BCUT2D eigenvalue weighted by atomic mass is 9.90. The van der Waals surface area contributed by atoms with Gasteiger partial charge in [0.15, 0.2) is 5.78 Å². The summed E-state index contributed by atoms with van der Waals surface area (Å²) >= 11 is 0. The molecule has 0 aromatic carbocycles. The van der Waals surface area contributed by atoms with Gasteiger partial charge in [0.05, 0.1) is 0 Å². The topological polar surface area (TPSA) is 58.6 Å². The second-order valence-corrected chi connectivity index (χ2v) is 6.13. The molecule has 1 aliphatic carbocycles. The molecule has 1 aliphatic rings. The van der Waals surface area contributed by atoms with E-state index in [4.69, 9.17) is 4.74 Å². The van der Waals surface area contributed by atoms with Crippen LogP contribution < -0.4 is 5.32 Å². The highest BCUT2D eigenvalue weighted by Crippen LogP contribution is 2.21. The molecule has 5 heteroatoms. The van der Waals surface area contributed by atoms with Crippen LogP contribution in [0.1, 0.15) is 40.0 Å². The third kappa shape index (κ3) is 5.77. The Balaban J connectivity index is 2.57. The molecular weight excluding hydrogens is 244 g/mol. The van der Waals surface area contributed by atoms with E-state index in [1.54, 1.807) is 0 Å². The molecule has 0 aliphatic heterocycles. The van der Waals surface area contributed by atoms with Gasteiger partial charge in [-0.25, -0.2) is 4.79 Å². The predicted octanol–water partition coefficient (Wildman–Crippen LogP) is 2.08. The van der Waals surface area contributed by atoms with Crippen molar-refractivity contribution in [1.82, 2.24) is 10.2 Å². The minimum absolute atomic E-state index is 0.0289. The first-order valence-electron chi connectivity index (χ1n) is 6.57. The number of nitrogens with zero attached hydrogens (tertiary/aromatic N) is 1. The maximum absolute atomic E-state index is 11.8. The summed E-state index contributed by atoms with van der Waals surface area (Å²) in [6.07, 6.45) is 3.11. The van der Waals surface area contributed by atoms with Crippen LogP contribution in [0.4, 0.5) is 4.79 Å². The lowest BCUT2D eigenvalue weighted by Gasteiger charge is -2.27. The first-order chi connectivity index (χ1) is 8.67. The van der Waals surface area contributed by atoms with Gasteiger partial charge in [-0.05, 0) is 33.6 Å². The first kappa shape index (κ1) is 15.5. The SMILES string of the molecule is CN(C)/C=C1/C[C@H](NC(=O)OC(C)(C)C)CCC1=O. The predicted molar refractivity (Wildman–Crippen MR) is 73.8 cm³/mol. The van der Waals surface area contributed by atoms with E-state index in [-0.39, 0.29) is 11.8 Å². The van der Waals surface area contributed by atoms with Crippen molar-refractivity contribution in [1.29, 1.82) is 0 Å². The Labute approximate surface area is 115 Å². The van der Waals surface area contributed by atoms with Gasteiger partial charge in [0.2, 0.25) is 0 Å². The first-order valence-corrected chi connectivity index (χ1v) is 6.57. The fourth-order valence-corrected chi connectivity index (χ4v) is 1.98. The third-order valence-electron chi connectivity index (χ3n) is 2.68. The Morgan fingerprint density at radius 1 is 1.42 bits per heavy atom. The van der Waals surface area contributed by atoms with Crippen LogP contribution in [0, 0.1) is 0 Å². The van der Waals surface area contributed by atoms with Crippen LogP contribution in [0.3, 0.4) is 0 Å². The van der Waals surface area contributed by atoms with E-state index in [1.807, 2.05) is 46.0 Å². The average molecular weight is 268 g/mol. The maximum Gasteiger partial charge on any atom is 0.407 e. The largest absolute Gasteiger partial charge is 0.444 e. The number of rotatable bonds is 2. The fourth-order valence-electron chi connectivity index (χ4n) is 1.98. The zero-order chi connectivity index (χ0) is 14.6. The molecule has 108 valence electrons. The number of hydrogen-bond donors (Lipinski definition) is 1. The van der Waals surface area contributed by atoms with Gasteiger partial charge in [-0.1, -0.05) is 0 Å². The summed E-state index contributed by atoms with van der Waals surface area (Å²) < 4.78 is 5.22. The molecule has 1 amide bonds. The molecular formula is C14H24N2O3. The molecule has 1 N–H and O–H groups in total. The molecule has 0 bridgehead atoms. The van der Waals surface area contributed by atoms with Crippen LogP contribution in [0.25, 0.3) is 0 Å². The number of hydrogen-bond acceptors (Lipinski definition) is 4. The minimum Gasteiger partial charge on any atom is -0.444 e. The summed E-state index contributed by atoms with van der Waals surface area (Å²) in [5, 5.41) is 2.83. The van der Waals surface area contributed by atoms with Crippen LogP contribution in [0.15, 0.2) is 11.8 Å². The van der Waals surface area contributed by atoms with E-state index in [9.17, 15) is 9.59 Å². The highest BCUT2D eigenvalue weighted by atomic mass is 16.6. The Kier molecular flexibility index (Phi) is 4.97. The summed E-state index contributed by atoms with van der Waals surface area (Å²) in [5.74, 6) is 0.163. The maximum atomic E-state index is 11.8. The molecule has 1 rings (SSSR count). The molecule has 19 heavy (non-hydrogen) atoms. The number of ether oxygens (including phenoxy) is 1. The van der Waals surface area contributed by atoms with Crippen molar-refractivity contribution in [3.63, 3.8) is 0 Å². The number of nitrogens with one attached hydrogen (secondary N) is 1. The van der Waals surface area contributed by atoms with Crippen LogP contribution in [-0.4, -0.2) is 42.5 Å². The molecule has 0 heterocycles. The Morgan fingerprint density at radius 3 is 2.58 bits per heavy atom. The molecule has 1 fully saturated rings. The number of amides is 1. The van der Waals surface area contributed by atoms with Crippen LogP contribution in [0.5, 0.6) is 0 Å². The van der Waals surface area contributed by atoms with E-state index in [0.29, 0.717) is 19.3 Å². The van der Waals surface area contributed by atoms with Crippen molar-refractivity contribution in [3.05, 3.63) is 11.8 Å². The lowest BCUT2D eigenvalue weighted by molar-refractivity contribution is -0.116. The Morgan fingerprint density at radius 2 is 2.05 bits per heavy atom. The summed E-state index contributed by atoms with van der Waals surface area (Å²) in [7, 11) is 3.76. The van der Waals surface area contributed by atoms with Gasteiger partial charge in [0.25, 0.3) is 0 Å². The minimum atomic E-state index is -0.503. The Hall–Kier alpha value is -1.52.